The van der Waals surface area contributed by atoms with Crippen molar-refractivity contribution in [3.05, 3.63) is 30.3 Å². The van der Waals surface area contributed by atoms with E-state index in [0.29, 0.717) is 18.6 Å². The highest BCUT2D eigenvalue weighted by Gasteiger charge is 2.36. The molecule has 1 rings (SSSR count). The molecule has 42 heavy (non-hydrogen) atoms. The molecule has 0 saturated heterocycles. The van der Waals surface area contributed by atoms with Gasteiger partial charge in [0.25, 0.3) is 0 Å². The summed E-state index contributed by atoms with van der Waals surface area (Å²) in [6.07, 6.45) is 12.1. The maximum absolute atomic E-state index is 14.1. The molecule has 0 bridgehead atoms. The fourth-order valence-electron chi connectivity index (χ4n) is 4.23. The molecule has 2 atom stereocenters. The topological polar surface area (TPSA) is 91.4 Å². The average molecular weight is 653 g/mol. The summed E-state index contributed by atoms with van der Waals surface area (Å²) >= 11 is 12.0. The molecule has 0 heterocycles. The van der Waals surface area contributed by atoms with Crippen LogP contribution in [0.3, 0.4) is 0 Å². The molecule has 0 saturated carbocycles. The summed E-state index contributed by atoms with van der Waals surface area (Å²) in [5.74, 6) is -0.0816. The molecule has 0 amide bonds. The van der Waals surface area contributed by atoms with E-state index < -0.39 is 19.8 Å². The van der Waals surface area contributed by atoms with Crippen LogP contribution in [0, 0.1) is 0 Å². The van der Waals surface area contributed by atoms with E-state index in [9.17, 15) is 14.2 Å². The van der Waals surface area contributed by atoms with Gasteiger partial charge in [-0.2, -0.15) is 4.67 Å². The van der Waals surface area contributed by atoms with Crippen LogP contribution in [0.25, 0.3) is 0 Å². The highest BCUT2D eigenvalue weighted by molar-refractivity contribution is 7.51. The minimum Gasteiger partial charge on any atom is -0.462 e. The molecular formula is C31H52Cl2NO7P. The summed E-state index contributed by atoms with van der Waals surface area (Å²) in [6, 6.07) is 8.65. The predicted molar refractivity (Wildman–Crippen MR) is 170 cm³/mol. The van der Waals surface area contributed by atoms with E-state index in [2.05, 4.69) is 13.8 Å². The van der Waals surface area contributed by atoms with Crippen molar-refractivity contribution in [1.82, 2.24) is 4.67 Å². The molecule has 0 aromatic heterocycles. The highest BCUT2D eigenvalue weighted by atomic mass is 35.5. The zero-order valence-corrected chi connectivity index (χ0v) is 28.0. The standard InChI is InChI=1S/C31H52Cl2NO7P/c1-3-5-7-9-11-16-20-30(35)38-26-29(40-31(36)21-17-12-10-8-6-4-2)27-39-42(37,34(24-22-32)25-23-33)41-28-18-14-13-15-19-28/h13-15,18-19,29H,3-12,16-17,20-27H2,1-2H3/t29-,42-/m0/s1. The number of unbranched alkanes of at least 4 members (excludes halogenated alkanes) is 10. The number of nitrogens with zero attached hydrogens (tertiary/aromatic N) is 1. The maximum atomic E-state index is 14.1. The Bertz CT molecular complexity index is 872. The van der Waals surface area contributed by atoms with Crippen LogP contribution in [-0.2, 0) is 28.2 Å². The lowest BCUT2D eigenvalue weighted by Gasteiger charge is -2.30. The van der Waals surface area contributed by atoms with Crippen LogP contribution in [0.5, 0.6) is 5.75 Å². The number of rotatable bonds is 27. The van der Waals surface area contributed by atoms with Crippen molar-refractivity contribution < 1.29 is 32.7 Å². The first-order valence-corrected chi connectivity index (χ1v) is 18.2. The second kappa shape index (κ2) is 25.1. The van der Waals surface area contributed by atoms with Gasteiger partial charge in [-0.05, 0) is 25.0 Å². The van der Waals surface area contributed by atoms with Gasteiger partial charge < -0.3 is 14.0 Å². The van der Waals surface area contributed by atoms with Gasteiger partial charge in [-0.1, -0.05) is 96.3 Å². The van der Waals surface area contributed by atoms with Crippen LogP contribution in [0.4, 0.5) is 0 Å². The summed E-state index contributed by atoms with van der Waals surface area (Å²) < 4.78 is 38.4. The van der Waals surface area contributed by atoms with Crippen molar-refractivity contribution in [2.75, 3.05) is 38.1 Å². The molecule has 0 spiro atoms. The fourth-order valence-corrected chi connectivity index (χ4v) is 6.64. The van der Waals surface area contributed by atoms with Gasteiger partial charge in [0.15, 0.2) is 6.10 Å². The van der Waals surface area contributed by atoms with Crippen molar-refractivity contribution in [2.24, 2.45) is 0 Å². The monoisotopic (exact) mass is 651 g/mol. The van der Waals surface area contributed by atoms with Crippen LogP contribution < -0.4 is 4.52 Å². The quantitative estimate of drug-likeness (QED) is 0.0403. The van der Waals surface area contributed by atoms with Gasteiger partial charge in [0.1, 0.15) is 12.4 Å². The predicted octanol–water partition coefficient (Wildman–Crippen LogP) is 8.93. The number of ether oxygens (including phenoxy) is 2. The number of hydrogen-bond acceptors (Lipinski definition) is 7. The van der Waals surface area contributed by atoms with Gasteiger partial charge >= 0.3 is 19.7 Å². The Balaban J connectivity index is 2.86. The maximum Gasteiger partial charge on any atom is 0.461 e. The molecule has 0 unspecified atom stereocenters. The molecule has 8 nitrogen and oxygen atoms in total. The summed E-state index contributed by atoms with van der Waals surface area (Å²) in [6.45, 7) is 4.24. The van der Waals surface area contributed by atoms with Gasteiger partial charge in [-0.3, -0.25) is 14.1 Å². The molecular weight excluding hydrogens is 600 g/mol. The second-order valence-electron chi connectivity index (χ2n) is 10.3. The first-order valence-electron chi connectivity index (χ1n) is 15.6. The highest BCUT2D eigenvalue weighted by Crippen LogP contribution is 2.52. The van der Waals surface area contributed by atoms with Gasteiger partial charge in [-0.15, -0.1) is 23.2 Å². The Morgan fingerprint density at radius 1 is 0.762 bits per heavy atom. The van der Waals surface area contributed by atoms with Gasteiger partial charge in [0.2, 0.25) is 0 Å². The molecule has 0 aliphatic heterocycles. The van der Waals surface area contributed by atoms with Crippen molar-refractivity contribution in [3.63, 3.8) is 0 Å². The Morgan fingerprint density at radius 2 is 1.29 bits per heavy atom. The molecule has 0 aliphatic rings. The number of hydrogen-bond donors (Lipinski definition) is 0. The van der Waals surface area contributed by atoms with Crippen LogP contribution in [0.1, 0.15) is 104 Å². The number of para-hydroxylation sites is 1. The fraction of sp³-hybridized carbons (Fsp3) is 0.742. The second-order valence-corrected chi connectivity index (χ2v) is 13.0. The SMILES string of the molecule is CCCCCCCCC(=O)OC[C@@H](CO[P@](=O)(Oc1ccccc1)N(CCCl)CCCl)OC(=O)CCCCCCCC. The van der Waals surface area contributed by atoms with Gasteiger partial charge in [0.05, 0.1) is 6.61 Å². The molecule has 0 radical (unpaired) electrons. The van der Waals surface area contributed by atoms with E-state index in [1.165, 1.54) is 23.9 Å². The van der Waals surface area contributed by atoms with E-state index in [1.807, 2.05) is 6.07 Å². The van der Waals surface area contributed by atoms with Crippen molar-refractivity contribution >= 4 is 42.9 Å². The lowest BCUT2D eigenvalue weighted by molar-refractivity contribution is -0.161. The van der Waals surface area contributed by atoms with Crippen LogP contribution in [0.2, 0.25) is 0 Å². The van der Waals surface area contributed by atoms with E-state index in [-0.39, 0.29) is 50.5 Å². The molecule has 242 valence electrons. The number of benzene rings is 1. The van der Waals surface area contributed by atoms with E-state index in [1.54, 1.807) is 24.3 Å². The minimum atomic E-state index is -3.96. The lowest BCUT2D eigenvalue weighted by atomic mass is 10.1. The molecule has 1 aromatic carbocycles. The third kappa shape index (κ3) is 18.4. The van der Waals surface area contributed by atoms with Crippen molar-refractivity contribution in [2.45, 2.75) is 110 Å². The first-order chi connectivity index (χ1) is 20.4. The van der Waals surface area contributed by atoms with Crippen molar-refractivity contribution in [1.29, 1.82) is 0 Å². The van der Waals surface area contributed by atoms with E-state index >= 15 is 0 Å². The summed E-state index contributed by atoms with van der Waals surface area (Å²) in [7, 11) is -3.96. The molecule has 0 fully saturated rings. The van der Waals surface area contributed by atoms with Crippen LogP contribution in [-0.4, -0.2) is 60.8 Å². The Morgan fingerprint density at radius 3 is 1.83 bits per heavy atom. The summed E-state index contributed by atoms with van der Waals surface area (Å²) in [4.78, 5) is 25.1. The van der Waals surface area contributed by atoms with E-state index in [4.69, 9.17) is 41.7 Å². The number of esters is 2. The van der Waals surface area contributed by atoms with Crippen LogP contribution in [0.15, 0.2) is 30.3 Å². The number of carbonyl (C=O) groups excluding carboxylic acids is 2. The minimum absolute atomic E-state index is 0.176. The molecule has 11 heteroatoms. The number of alkyl halides is 2. The Hall–Kier alpha value is -1.31. The summed E-state index contributed by atoms with van der Waals surface area (Å²) in [5.41, 5.74) is 0. The first kappa shape index (κ1) is 38.7. The van der Waals surface area contributed by atoms with E-state index in [0.717, 1.165) is 51.4 Å². The Labute approximate surface area is 263 Å². The van der Waals surface area contributed by atoms with Gasteiger partial charge in [-0.25, -0.2) is 4.57 Å². The summed E-state index contributed by atoms with van der Waals surface area (Å²) in [5, 5.41) is 0. The van der Waals surface area contributed by atoms with Crippen LogP contribution >= 0.6 is 30.9 Å². The average Bonchev–Trinajstić information content (AvgIpc) is 2.98. The number of halogens is 2. The normalized spacial score (nSPS) is 13.5. The van der Waals surface area contributed by atoms with Crippen molar-refractivity contribution in [3.8, 4) is 5.75 Å². The zero-order chi connectivity index (χ0) is 30.9. The molecule has 0 aliphatic carbocycles. The molecule has 0 N–H and O–H groups in total. The largest absolute Gasteiger partial charge is 0.462 e. The zero-order valence-electron chi connectivity index (χ0n) is 25.6. The Kier molecular flexibility index (Phi) is 23.1. The molecule has 1 aromatic rings. The third-order valence-electron chi connectivity index (χ3n) is 6.62. The smallest absolute Gasteiger partial charge is 0.461 e. The third-order valence-corrected chi connectivity index (χ3v) is 8.96. The number of carbonyl (C=O) groups is 2. The lowest BCUT2D eigenvalue weighted by Crippen LogP contribution is -2.33. The van der Waals surface area contributed by atoms with Gasteiger partial charge in [0, 0.05) is 37.7 Å².